The average Bonchev–Trinajstić information content (AvgIpc) is 2.71. The summed E-state index contributed by atoms with van der Waals surface area (Å²) < 4.78 is 24.3. The van der Waals surface area contributed by atoms with Crippen molar-refractivity contribution in [3.05, 3.63) is 53.8 Å². The van der Waals surface area contributed by atoms with Crippen LogP contribution in [0.3, 0.4) is 0 Å². The third-order valence-electron chi connectivity index (χ3n) is 4.89. The molecule has 8 heteroatoms. The number of rotatable bonds is 10. The van der Waals surface area contributed by atoms with Gasteiger partial charge in [-0.1, -0.05) is 12.1 Å². The van der Waals surface area contributed by atoms with Crippen LogP contribution in [0.15, 0.2) is 42.5 Å². The van der Waals surface area contributed by atoms with Crippen LogP contribution in [0.4, 0.5) is 15.8 Å². The van der Waals surface area contributed by atoms with E-state index < -0.39 is 12.1 Å². The minimum atomic E-state index is -1.20. The Hall–Kier alpha value is -2.03. The van der Waals surface area contributed by atoms with Crippen molar-refractivity contribution in [2.45, 2.75) is 38.9 Å². The van der Waals surface area contributed by atoms with E-state index in [-0.39, 0.29) is 41.4 Å². The summed E-state index contributed by atoms with van der Waals surface area (Å²) in [7, 11) is 0. The summed E-state index contributed by atoms with van der Waals surface area (Å²) in [6, 6.07) is 12.3. The molecular formula is C23H28FMgN2O4+. The fraction of sp³-hybridized carbons (Fsp3) is 0.435. The van der Waals surface area contributed by atoms with E-state index in [4.69, 9.17) is 9.47 Å². The van der Waals surface area contributed by atoms with Gasteiger partial charge in [-0.25, -0.2) is 4.39 Å². The van der Waals surface area contributed by atoms with Gasteiger partial charge in [-0.3, -0.25) is 0 Å². The van der Waals surface area contributed by atoms with Crippen LogP contribution in [-0.2, 0) is 16.0 Å². The first-order valence-corrected chi connectivity index (χ1v) is 10.3. The van der Waals surface area contributed by atoms with Gasteiger partial charge < -0.3 is 29.6 Å². The Morgan fingerprint density at radius 1 is 1.26 bits per heavy atom. The van der Waals surface area contributed by atoms with E-state index in [1.54, 1.807) is 19.9 Å². The number of hydrogen-bond acceptors (Lipinski definition) is 6. The van der Waals surface area contributed by atoms with E-state index in [0.717, 1.165) is 43.0 Å². The number of anilines is 2. The third kappa shape index (κ3) is 7.55. The maximum absolute atomic E-state index is 13.4. The maximum Gasteiger partial charge on any atom is 2.00 e. The van der Waals surface area contributed by atoms with Crippen molar-refractivity contribution in [1.29, 1.82) is 0 Å². The second-order valence-corrected chi connectivity index (χ2v) is 7.62. The maximum atomic E-state index is 13.4. The smallest absolute Gasteiger partial charge is 0.547 e. The largest absolute Gasteiger partial charge is 2.00 e. The summed E-state index contributed by atoms with van der Waals surface area (Å²) in [6.07, 6.45) is 0.0609. The zero-order valence-corrected chi connectivity index (χ0v) is 19.5. The molecule has 0 saturated carbocycles. The Kier molecular flexibility index (Phi) is 9.86. The third-order valence-corrected chi connectivity index (χ3v) is 4.89. The van der Waals surface area contributed by atoms with E-state index >= 15 is 0 Å². The van der Waals surface area contributed by atoms with E-state index in [1.165, 1.54) is 12.1 Å². The molecule has 1 atom stereocenters. The summed E-state index contributed by atoms with van der Waals surface area (Å²) in [6.45, 7) is 6.57. The molecule has 0 aromatic heterocycles. The zero-order chi connectivity index (χ0) is 21.5. The Morgan fingerprint density at radius 2 is 2.00 bits per heavy atom. The Bertz CT molecular complexity index is 848. The normalized spacial score (nSPS) is 13.7. The van der Waals surface area contributed by atoms with Crippen LogP contribution < -0.4 is 20.1 Å². The molecule has 2 aromatic carbocycles. The first kappa shape index (κ1) is 25.2. The number of aliphatic carboxylic acids is 1. The first-order valence-electron chi connectivity index (χ1n) is 10.3. The van der Waals surface area contributed by atoms with Crippen LogP contribution in [0, 0.1) is 5.82 Å². The van der Waals surface area contributed by atoms with Gasteiger partial charge in [-0.05, 0) is 50.1 Å². The molecular weight excluding hydrogens is 412 g/mol. The summed E-state index contributed by atoms with van der Waals surface area (Å²) in [5.74, 6) is -0.887. The summed E-state index contributed by atoms with van der Waals surface area (Å²) in [4.78, 5) is 13.4. The summed E-state index contributed by atoms with van der Waals surface area (Å²) >= 11 is 0. The quantitative estimate of drug-likeness (QED) is 0.452. The molecule has 0 bridgehead atoms. The second-order valence-electron chi connectivity index (χ2n) is 7.62. The molecule has 6 nitrogen and oxygen atoms in total. The SMILES string of the molecule is CC(C)OC(Cc1ccc(NCCCN2CCOc3cc(F)ccc32)cc1)C(=O)[O-].[Mg+2]. The van der Waals surface area contributed by atoms with Crippen molar-refractivity contribution in [2.75, 3.05) is 36.5 Å². The van der Waals surface area contributed by atoms with Crippen LogP contribution in [0.1, 0.15) is 25.8 Å². The fourth-order valence-electron chi connectivity index (χ4n) is 3.47. The van der Waals surface area contributed by atoms with Gasteiger partial charge in [-0.2, -0.15) is 0 Å². The molecule has 0 spiro atoms. The molecule has 1 aliphatic heterocycles. The van der Waals surface area contributed by atoms with Gasteiger partial charge in [-0.15, -0.1) is 0 Å². The predicted octanol–water partition coefficient (Wildman–Crippen LogP) is 2.23. The molecule has 0 amide bonds. The number of fused-ring (bicyclic) bond motifs is 1. The van der Waals surface area contributed by atoms with Crippen LogP contribution in [-0.4, -0.2) is 67.5 Å². The molecule has 0 radical (unpaired) electrons. The Labute approximate surface area is 198 Å². The van der Waals surface area contributed by atoms with E-state index in [9.17, 15) is 14.3 Å². The number of benzene rings is 2. The molecule has 1 N–H and O–H groups in total. The van der Waals surface area contributed by atoms with Gasteiger partial charge in [0, 0.05) is 31.3 Å². The second kappa shape index (κ2) is 12.1. The number of carboxylic acid groups (broad SMARTS) is 1. The van der Waals surface area contributed by atoms with Gasteiger partial charge >= 0.3 is 23.1 Å². The van der Waals surface area contributed by atoms with Crippen LogP contribution in [0.25, 0.3) is 0 Å². The summed E-state index contributed by atoms with van der Waals surface area (Å²) in [5.41, 5.74) is 2.78. The minimum absolute atomic E-state index is 0. The molecule has 0 aliphatic carbocycles. The molecule has 31 heavy (non-hydrogen) atoms. The number of ether oxygens (including phenoxy) is 2. The molecule has 1 aliphatic rings. The van der Waals surface area contributed by atoms with Crippen molar-refractivity contribution < 1.29 is 23.8 Å². The first-order chi connectivity index (χ1) is 14.4. The fourth-order valence-corrected chi connectivity index (χ4v) is 3.47. The van der Waals surface area contributed by atoms with Crippen molar-refractivity contribution in [1.82, 2.24) is 0 Å². The standard InChI is InChI=1S/C23H29FN2O4.Mg/c1-16(2)30-22(23(27)28)14-17-4-7-19(8-5-17)25-10-3-11-26-12-13-29-21-15-18(24)6-9-20(21)26;/h4-9,15-16,22,25H,3,10-14H2,1-2H3,(H,27,28);/q;+2/p-1. The zero-order valence-electron chi connectivity index (χ0n) is 18.1. The molecule has 162 valence electrons. The number of nitrogens with one attached hydrogen (secondary N) is 1. The molecule has 1 heterocycles. The predicted molar refractivity (Wildman–Crippen MR) is 118 cm³/mol. The monoisotopic (exact) mass is 439 g/mol. The van der Waals surface area contributed by atoms with Gasteiger partial charge in [0.2, 0.25) is 0 Å². The average molecular weight is 440 g/mol. The van der Waals surface area contributed by atoms with Crippen LogP contribution in [0.5, 0.6) is 5.75 Å². The summed E-state index contributed by atoms with van der Waals surface area (Å²) in [5, 5.41) is 14.6. The number of carbonyl (C=O) groups is 1. The number of nitrogens with zero attached hydrogens (tertiary/aromatic N) is 1. The van der Waals surface area contributed by atoms with Crippen molar-refractivity contribution in [3.8, 4) is 5.75 Å². The van der Waals surface area contributed by atoms with Crippen LogP contribution in [0.2, 0.25) is 0 Å². The number of hydrogen-bond donors (Lipinski definition) is 1. The molecule has 0 fully saturated rings. The number of carboxylic acids is 1. The molecule has 1 unspecified atom stereocenters. The van der Waals surface area contributed by atoms with Gasteiger partial charge in [0.05, 0.1) is 24.3 Å². The Morgan fingerprint density at radius 3 is 2.68 bits per heavy atom. The number of halogens is 1. The van der Waals surface area contributed by atoms with E-state index in [0.29, 0.717) is 12.4 Å². The van der Waals surface area contributed by atoms with Crippen molar-refractivity contribution in [3.63, 3.8) is 0 Å². The molecule has 3 rings (SSSR count). The molecule has 0 saturated heterocycles. The number of carbonyl (C=O) groups excluding carboxylic acids is 1. The minimum Gasteiger partial charge on any atom is -0.547 e. The van der Waals surface area contributed by atoms with Crippen molar-refractivity contribution in [2.24, 2.45) is 0 Å². The van der Waals surface area contributed by atoms with Gasteiger partial charge in [0.15, 0.2) is 0 Å². The van der Waals surface area contributed by atoms with E-state index in [1.807, 2.05) is 24.3 Å². The molecule has 2 aromatic rings. The topological polar surface area (TPSA) is 73.9 Å². The Balaban J connectivity index is 0.00000341. The van der Waals surface area contributed by atoms with Gasteiger partial charge in [0.1, 0.15) is 24.3 Å². The van der Waals surface area contributed by atoms with E-state index in [2.05, 4.69) is 10.2 Å². The van der Waals surface area contributed by atoms with Crippen LogP contribution >= 0.6 is 0 Å². The van der Waals surface area contributed by atoms with Crippen molar-refractivity contribution >= 4 is 40.4 Å². The van der Waals surface area contributed by atoms with Gasteiger partial charge in [0.25, 0.3) is 0 Å².